The van der Waals surface area contributed by atoms with Gasteiger partial charge in [-0.25, -0.2) is 0 Å². The molecule has 2 aliphatic heterocycles. The van der Waals surface area contributed by atoms with Crippen LogP contribution >= 0.6 is 0 Å². The third-order valence-corrected chi connectivity index (χ3v) is 2.41. The number of hydrogen-bond donors (Lipinski definition) is 1. The van der Waals surface area contributed by atoms with Gasteiger partial charge in [-0.2, -0.15) is 0 Å². The lowest BCUT2D eigenvalue weighted by Gasteiger charge is -2.24. The quantitative estimate of drug-likeness (QED) is 0.603. The molecule has 0 radical (unpaired) electrons. The molecule has 4 heteroatoms. The fraction of sp³-hybridized carbons (Fsp3) is 1.00. The van der Waals surface area contributed by atoms with Gasteiger partial charge in [0.2, 0.25) is 0 Å². The lowest BCUT2D eigenvalue weighted by molar-refractivity contribution is -0.182. The fourth-order valence-electron chi connectivity index (χ4n) is 1.68. The fourth-order valence-corrected chi connectivity index (χ4v) is 1.68. The summed E-state index contributed by atoms with van der Waals surface area (Å²) in [7, 11) is 0. The van der Waals surface area contributed by atoms with Gasteiger partial charge in [0.05, 0.1) is 24.9 Å². The van der Waals surface area contributed by atoms with Crippen LogP contribution in [-0.2, 0) is 14.2 Å². The highest BCUT2D eigenvalue weighted by Gasteiger charge is 2.40. The highest BCUT2D eigenvalue weighted by molar-refractivity contribution is 4.86. The molecule has 12 heavy (non-hydrogen) atoms. The van der Waals surface area contributed by atoms with Gasteiger partial charge < -0.3 is 19.3 Å². The first-order valence-corrected chi connectivity index (χ1v) is 4.30. The highest BCUT2D eigenvalue weighted by Crippen LogP contribution is 2.27. The summed E-state index contributed by atoms with van der Waals surface area (Å²) >= 11 is 0. The maximum Gasteiger partial charge on any atom is 0.147 e. The Balaban J connectivity index is 1.94. The Kier molecular flexibility index (Phi) is 2.32. The van der Waals surface area contributed by atoms with Crippen LogP contribution in [0.3, 0.4) is 0 Å². The monoisotopic (exact) mass is 174 g/mol. The first-order chi connectivity index (χ1) is 5.77. The molecule has 2 rings (SSSR count). The molecule has 2 aliphatic rings. The molecule has 4 unspecified atom stereocenters. The molecule has 0 aromatic rings. The van der Waals surface area contributed by atoms with Crippen molar-refractivity contribution in [3.8, 4) is 0 Å². The average Bonchev–Trinajstić information content (AvgIpc) is 2.46. The molecule has 4 atom stereocenters. The van der Waals surface area contributed by atoms with E-state index in [-0.39, 0.29) is 18.3 Å². The number of hydrogen-bond acceptors (Lipinski definition) is 4. The smallest absolute Gasteiger partial charge is 0.147 e. The molecule has 2 heterocycles. The topological polar surface area (TPSA) is 47.9 Å². The number of aliphatic hydroxyl groups excluding tert-OH is 1. The molecule has 0 saturated carbocycles. The van der Waals surface area contributed by atoms with Gasteiger partial charge in [0.25, 0.3) is 0 Å². The van der Waals surface area contributed by atoms with Crippen molar-refractivity contribution < 1.29 is 19.3 Å². The van der Waals surface area contributed by atoms with Crippen molar-refractivity contribution in [3.63, 3.8) is 0 Å². The molecule has 4 nitrogen and oxygen atoms in total. The predicted molar refractivity (Wildman–Crippen MR) is 40.7 cm³/mol. The Hall–Kier alpha value is -0.160. The third-order valence-electron chi connectivity index (χ3n) is 2.41. The van der Waals surface area contributed by atoms with E-state index < -0.39 is 6.10 Å². The lowest BCUT2D eigenvalue weighted by Crippen LogP contribution is -2.35. The molecule has 0 aliphatic carbocycles. The van der Waals surface area contributed by atoms with Crippen LogP contribution in [-0.4, -0.2) is 42.9 Å². The molecular weight excluding hydrogens is 160 g/mol. The van der Waals surface area contributed by atoms with E-state index in [1.165, 1.54) is 0 Å². The molecule has 1 N–H and O–H groups in total. The van der Waals surface area contributed by atoms with E-state index in [9.17, 15) is 5.11 Å². The molecule has 2 saturated heterocycles. The second-order valence-corrected chi connectivity index (χ2v) is 3.38. The van der Waals surface area contributed by atoms with Crippen molar-refractivity contribution >= 4 is 0 Å². The van der Waals surface area contributed by atoms with Gasteiger partial charge in [-0.05, 0) is 6.92 Å². The maximum absolute atomic E-state index is 9.28. The van der Waals surface area contributed by atoms with Crippen molar-refractivity contribution in [2.75, 3.05) is 13.4 Å². The summed E-state index contributed by atoms with van der Waals surface area (Å²) in [5.74, 6) is 0. The summed E-state index contributed by atoms with van der Waals surface area (Å²) in [6, 6.07) is 0. The van der Waals surface area contributed by atoms with E-state index in [2.05, 4.69) is 0 Å². The van der Waals surface area contributed by atoms with Crippen LogP contribution in [0.2, 0.25) is 0 Å². The lowest BCUT2D eigenvalue weighted by atomic mass is 10.1. The highest BCUT2D eigenvalue weighted by atomic mass is 16.7. The summed E-state index contributed by atoms with van der Waals surface area (Å²) in [6.07, 6.45) is 0.434. The minimum absolute atomic E-state index is 0.0262. The van der Waals surface area contributed by atoms with Gasteiger partial charge >= 0.3 is 0 Å². The summed E-state index contributed by atoms with van der Waals surface area (Å²) in [6.45, 7) is 2.69. The van der Waals surface area contributed by atoms with Crippen LogP contribution in [0.15, 0.2) is 0 Å². The van der Waals surface area contributed by atoms with E-state index in [1.54, 1.807) is 6.92 Å². The van der Waals surface area contributed by atoms with Gasteiger partial charge in [-0.1, -0.05) is 0 Å². The summed E-state index contributed by atoms with van der Waals surface area (Å²) < 4.78 is 15.9. The molecule has 0 amide bonds. The zero-order chi connectivity index (χ0) is 8.55. The van der Waals surface area contributed by atoms with Crippen LogP contribution in [0.4, 0.5) is 0 Å². The van der Waals surface area contributed by atoms with Crippen molar-refractivity contribution in [2.24, 2.45) is 0 Å². The third kappa shape index (κ3) is 1.47. The van der Waals surface area contributed by atoms with Gasteiger partial charge in [0.15, 0.2) is 0 Å². The summed E-state index contributed by atoms with van der Waals surface area (Å²) in [4.78, 5) is 0. The van der Waals surface area contributed by atoms with Gasteiger partial charge in [-0.3, -0.25) is 0 Å². The van der Waals surface area contributed by atoms with Crippen molar-refractivity contribution in [1.29, 1.82) is 0 Å². The molecule has 0 spiro atoms. The molecule has 70 valence electrons. The zero-order valence-corrected chi connectivity index (χ0v) is 7.10. The number of ether oxygens (including phenoxy) is 3. The molecule has 0 aromatic heterocycles. The first-order valence-electron chi connectivity index (χ1n) is 4.30. The van der Waals surface area contributed by atoms with E-state index in [1.807, 2.05) is 0 Å². The van der Waals surface area contributed by atoms with E-state index in [0.717, 1.165) is 6.42 Å². The molecular formula is C8H14O4. The second-order valence-electron chi connectivity index (χ2n) is 3.38. The Labute approximate surface area is 71.4 Å². The SMILES string of the molecule is CC(O)C1CC2OCOCC2O1. The molecule has 2 fully saturated rings. The van der Waals surface area contributed by atoms with Crippen LogP contribution in [0.5, 0.6) is 0 Å². The van der Waals surface area contributed by atoms with Crippen molar-refractivity contribution in [1.82, 2.24) is 0 Å². The Morgan fingerprint density at radius 3 is 2.92 bits per heavy atom. The van der Waals surface area contributed by atoms with Crippen LogP contribution in [0.25, 0.3) is 0 Å². The summed E-state index contributed by atoms with van der Waals surface area (Å²) in [5, 5.41) is 9.28. The number of aliphatic hydroxyl groups is 1. The van der Waals surface area contributed by atoms with E-state index in [0.29, 0.717) is 13.4 Å². The van der Waals surface area contributed by atoms with Crippen molar-refractivity contribution in [2.45, 2.75) is 37.8 Å². The van der Waals surface area contributed by atoms with Crippen molar-refractivity contribution in [3.05, 3.63) is 0 Å². The molecule has 0 bridgehead atoms. The average molecular weight is 174 g/mol. The maximum atomic E-state index is 9.28. The molecule has 0 aromatic carbocycles. The minimum atomic E-state index is -0.417. The second kappa shape index (κ2) is 3.30. The zero-order valence-electron chi connectivity index (χ0n) is 7.10. The number of rotatable bonds is 1. The minimum Gasteiger partial charge on any atom is -0.391 e. The van der Waals surface area contributed by atoms with E-state index >= 15 is 0 Å². The van der Waals surface area contributed by atoms with Gasteiger partial charge in [0.1, 0.15) is 12.9 Å². The van der Waals surface area contributed by atoms with E-state index in [4.69, 9.17) is 14.2 Å². The van der Waals surface area contributed by atoms with Crippen LogP contribution < -0.4 is 0 Å². The number of fused-ring (bicyclic) bond motifs is 1. The van der Waals surface area contributed by atoms with Crippen LogP contribution in [0.1, 0.15) is 13.3 Å². The normalized spacial score (nSPS) is 44.0. The predicted octanol–water partition coefficient (Wildman–Crippen LogP) is -0.102. The Bertz CT molecular complexity index is 145. The summed E-state index contributed by atoms with van der Waals surface area (Å²) in [5.41, 5.74) is 0. The Morgan fingerprint density at radius 1 is 1.42 bits per heavy atom. The first kappa shape index (κ1) is 8.44. The van der Waals surface area contributed by atoms with Crippen LogP contribution in [0, 0.1) is 0 Å². The standard InChI is InChI=1S/C8H14O4/c1-5(9)6-2-7-8(12-6)3-10-4-11-7/h5-9H,2-4H2,1H3. The van der Waals surface area contributed by atoms with Gasteiger partial charge in [-0.15, -0.1) is 0 Å². The largest absolute Gasteiger partial charge is 0.391 e. The Morgan fingerprint density at radius 2 is 2.25 bits per heavy atom. The van der Waals surface area contributed by atoms with Gasteiger partial charge in [0, 0.05) is 6.42 Å².